The van der Waals surface area contributed by atoms with Crippen molar-refractivity contribution >= 4 is 22.8 Å². The van der Waals surface area contributed by atoms with E-state index in [4.69, 9.17) is 9.47 Å². The van der Waals surface area contributed by atoms with Crippen molar-refractivity contribution < 1.29 is 19.1 Å². The summed E-state index contributed by atoms with van der Waals surface area (Å²) in [5.74, 6) is -0.380. The largest absolute Gasteiger partial charge is 0.465 e. The predicted octanol–water partition coefficient (Wildman–Crippen LogP) is 4.41. The van der Waals surface area contributed by atoms with E-state index in [-0.39, 0.29) is 12.4 Å². The number of hydrogen-bond acceptors (Lipinski definition) is 5. The minimum absolute atomic E-state index is 0.0941. The maximum absolute atomic E-state index is 12.6. The van der Waals surface area contributed by atoms with Gasteiger partial charge in [0.05, 0.1) is 31.0 Å². The molecule has 4 aromatic rings. The Hall–Kier alpha value is -3.87. The highest BCUT2D eigenvalue weighted by molar-refractivity contribution is 6.06. The van der Waals surface area contributed by atoms with Gasteiger partial charge in [-0.05, 0) is 50.1 Å². The molecule has 7 heteroatoms. The fourth-order valence-electron chi connectivity index (χ4n) is 4.16. The van der Waals surface area contributed by atoms with E-state index in [0.29, 0.717) is 17.4 Å². The summed E-state index contributed by atoms with van der Waals surface area (Å²) in [4.78, 5) is 25.0. The highest BCUT2D eigenvalue weighted by Gasteiger charge is 2.30. The van der Waals surface area contributed by atoms with E-state index < -0.39 is 5.97 Å². The Morgan fingerprint density at radius 1 is 1.12 bits per heavy atom. The van der Waals surface area contributed by atoms with Gasteiger partial charge < -0.3 is 14.0 Å². The van der Waals surface area contributed by atoms with Crippen LogP contribution in [0.4, 0.5) is 0 Å². The Morgan fingerprint density at radius 2 is 1.91 bits per heavy atom. The summed E-state index contributed by atoms with van der Waals surface area (Å²) in [6.07, 6.45) is 5.76. The highest BCUT2D eigenvalue weighted by atomic mass is 16.5. The van der Waals surface area contributed by atoms with Gasteiger partial charge in [0, 0.05) is 34.4 Å². The van der Waals surface area contributed by atoms with Crippen LogP contribution < -0.4 is 4.74 Å². The fraction of sp³-hybridized carbons (Fsp3) is 0.240. The van der Waals surface area contributed by atoms with Crippen molar-refractivity contribution in [1.29, 1.82) is 0 Å². The molecular weight excluding hydrogens is 406 g/mol. The molecule has 0 aliphatic heterocycles. The molecule has 2 aromatic carbocycles. The van der Waals surface area contributed by atoms with E-state index >= 15 is 0 Å². The van der Waals surface area contributed by atoms with Crippen molar-refractivity contribution in [3.8, 4) is 11.4 Å². The molecule has 5 rings (SSSR count). The molecule has 1 aliphatic carbocycles. The van der Waals surface area contributed by atoms with Crippen molar-refractivity contribution in [1.82, 2.24) is 14.3 Å². The number of para-hydroxylation sites is 1. The van der Waals surface area contributed by atoms with Gasteiger partial charge in [-0.15, -0.1) is 0 Å². The van der Waals surface area contributed by atoms with E-state index in [1.165, 1.54) is 7.11 Å². The van der Waals surface area contributed by atoms with Crippen molar-refractivity contribution in [3.05, 3.63) is 77.7 Å². The van der Waals surface area contributed by atoms with Gasteiger partial charge in [0.15, 0.2) is 0 Å². The number of ether oxygens (including phenoxy) is 2. The quantitative estimate of drug-likeness (QED) is 0.335. The second-order valence-corrected chi connectivity index (χ2v) is 8.01. The third kappa shape index (κ3) is 3.66. The van der Waals surface area contributed by atoms with Crippen molar-refractivity contribution in [2.24, 2.45) is 0 Å². The minimum atomic E-state index is -0.394. The molecule has 0 spiro atoms. The second kappa shape index (κ2) is 8.00. The molecule has 1 fully saturated rings. The van der Waals surface area contributed by atoms with Gasteiger partial charge in [0.2, 0.25) is 0 Å². The Balaban J connectivity index is 1.38. The first-order valence-electron chi connectivity index (χ1n) is 10.6. The number of methoxy groups -OCH3 is 1. The van der Waals surface area contributed by atoms with Crippen LogP contribution in [0.2, 0.25) is 0 Å². The SMILES string of the molecule is COC(=O)c1c(C)n(C2CC2)c2ccc(OC(=O)Cc3cnn(-c4ccccc4)c3)cc12. The lowest BCUT2D eigenvalue weighted by Gasteiger charge is -2.07. The van der Waals surface area contributed by atoms with Gasteiger partial charge in [-0.1, -0.05) is 18.2 Å². The van der Waals surface area contributed by atoms with Gasteiger partial charge in [0.1, 0.15) is 5.75 Å². The Morgan fingerprint density at radius 3 is 2.62 bits per heavy atom. The number of nitrogens with zero attached hydrogens (tertiary/aromatic N) is 3. The molecule has 2 heterocycles. The summed E-state index contributed by atoms with van der Waals surface area (Å²) in [6, 6.07) is 15.5. The molecule has 1 aliphatic rings. The average molecular weight is 429 g/mol. The first-order chi connectivity index (χ1) is 15.5. The molecule has 0 bridgehead atoms. The molecular formula is C25H23N3O4. The monoisotopic (exact) mass is 429 g/mol. The van der Waals surface area contributed by atoms with Crippen LogP contribution in [-0.2, 0) is 16.0 Å². The number of benzene rings is 2. The zero-order valence-electron chi connectivity index (χ0n) is 17.9. The summed E-state index contributed by atoms with van der Waals surface area (Å²) in [7, 11) is 1.38. The molecule has 1 saturated carbocycles. The summed E-state index contributed by atoms with van der Waals surface area (Å²) in [5.41, 5.74) is 4.03. The molecule has 0 atom stereocenters. The number of rotatable bonds is 6. The maximum Gasteiger partial charge on any atom is 0.340 e. The van der Waals surface area contributed by atoms with Gasteiger partial charge >= 0.3 is 11.9 Å². The molecule has 0 unspecified atom stereocenters. The van der Waals surface area contributed by atoms with Crippen LogP contribution in [0.1, 0.15) is 40.5 Å². The normalized spacial score (nSPS) is 13.3. The highest BCUT2D eigenvalue weighted by Crippen LogP contribution is 2.42. The van der Waals surface area contributed by atoms with Crippen LogP contribution in [-0.4, -0.2) is 33.4 Å². The second-order valence-electron chi connectivity index (χ2n) is 8.01. The standard InChI is InChI=1S/C25H23N3O4/c1-16-24(25(30)31-2)21-13-20(10-11-22(21)28(16)19-8-9-19)32-23(29)12-17-14-26-27(15-17)18-6-4-3-5-7-18/h3-7,10-11,13-15,19H,8-9,12H2,1-2H3. The molecule has 7 nitrogen and oxygen atoms in total. The van der Waals surface area contributed by atoms with E-state index in [0.717, 1.165) is 40.7 Å². The van der Waals surface area contributed by atoms with Crippen LogP contribution >= 0.6 is 0 Å². The van der Waals surface area contributed by atoms with E-state index in [2.05, 4.69) is 9.67 Å². The van der Waals surface area contributed by atoms with Crippen molar-refractivity contribution in [2.75, 3.05) is 7.11 Å². The molecule has 2 aromatic heterocycles. The van der Waals surface area contributed by atoms with Crippen molar-refractivity contribution in [3.63, 3.8) is 0 Å². The van der Waals surface area contributed by atoms with Gasteiger partial charge in [0.25, 0.3) is 0 Å². The maximum atomic E-state index is 12.6. The molecule has 162 valence electrons. The Labute approximate surface area is 185 Å². The van der Waals surface area contributed by atoms with Gasteiger partial charge in [-0.2, -0.15) is 5.10 Å². The first kappa shape index (κ1) is 20.1. The van der Waals surface area contributed by atoms with Crippen LogP contribution in [0.15, 0.2) is 60.9 Å². The summed E-state index contributed by atoms with van der Waals surface area (Å²) in [5, 5.41) is 5.06. The molecule has 32 heavy (non-hydrogen) atoms. The van der Waals surface area contributed by atoms with Crippen LogP contribution in [0, 0.1) is 6.92 Å². The number of hydrogen-bond donors (Lipinski definition) is 0. The number of carbonyl (C=O) groups excluding carboxylic acids is 2. The summed E-state index contributed by atoms with van der Waals surface area (Å²) < 4.78 is 14.5. The Bertz CT molecular complexity index is 1320. The lowest BCUT2D eigenvalue weighted by molar-refractivity contribution is -0.133. The van der Waals surface area contributed by atoms with Crippen molar-refractivity contribution in [2.45, 2.75) is 32.2 Å². The average Bonchev–Trinajstić information content (AvgIpc) is 3.45. The number of esters is 2. The summed E-state index contributed by atoms with van der Waals surface area (Å²) >= 11 is 0. The van der Waals surface area contributed by atoms with E-state index in [9.17, 15) is 9.59 Å². The number of carbonyl (C=O) groups is 2. The minimum Gasteiger partial charge on any atom is -0.465 e. The number of aromatic nitrogens is 3. The Kier molecular flexibility index (Phi) is 5.01. The van der Waals surface area contributed by atoms with E-state index in [1.807, 2.05) is 49.5 Å². The third-order valence-electron chi connectivity index (χ3n) is 5.76. The lowest BCUT2D eigenvalue weighted by atomic mass is 10.1. The molecule has 0 amide bonds. The zero-order valence-corrected chi connectivity index (χ0v) is 17.9. The van der Waals surface area contributed by atoms with Crippen LogP contribution in [0.25, 0.3) is 16.6 Å². The molecule has 0 radical (unpaired) electrons. The number of fused-ring (bicyclic) bond motifs is 1. The van der Waals surface area contributed by atoms with E-state index in [1.54, 1.807) is 23.0 Å². The fourth-order valence-corrected chi connectivity index (χ4v) is 4.16. The van der Waals surface area contributed by atoms with Crippen LogP contribution in [0.5, 0.6) is 5.75 Å². The molecule has 0 saturated heterocycles. The predicted molar refractivity (Wildman–Crippen MR) is 119 cm³/mol. The zero-order chi connectivity index (χ0) is 22.2. The third-order valence-corrected chi connectivity index (χ3v) is 5.76. The topological polar surface area (TPSA) is 75.3 Å². The smallest absolute Gasteiger partial charge is 0.340 e. The van der Waals surface area contributed by atoms with Gasteiger partial charge in [-0.25, -0.2) is 9.48 Å². The lowest BCUT2D eigenvalue weighted by Crippen LogP contribution is -2.11. The molecule has 0 N–H and O–H groups in total. The van der Waals surface area contributed by atoms with Crippen LogP contribution in [0.3, 0.4) is 0 Å². The summed E-state index contributed by atoms with van der Waals surface area (Å²) in [6.45, 7) is 1.93. The first-order valence-corrected chi connectivity index (χ1v) is 10.6. The van der Waals surface area contributed by atoms with Gasteiger partial charge in [-0.3, -0.25) is 4.79 Å².